The summed E-state index contributed by atoms with van der Waals surface area (Å²) in [7, 11) is 0. The standard InChI is InChI=1S/C8H8ClN3O2/c9-6-1-2-10-8(11-6)12-3-5(4-12)7(13)14/h1-2,5H,3-4H2,(H,13,14). The molecule has 0 radical (unpaired) electrons. The Morgan fingerprint density at radius 3 is 2.93 bits per heavy atom. The molecule has 1 N–H and O–H groups in total. The van der Waals surface area contributed by atoms with Gasteiger partial charge in [0, 0.05) is 19.3 Å². The van der Waals surface area contributed by atoms with Crippen molar-refractivity contribution in [2.75, 3.05) is 18.0 Å². The smallest absolute Gasteiger partial charge is 0.310 e. The second-order valence-electron chi connectivity index (χ2n) is 3.12. The lowest BCUT2D eigenvalue weighted by Crippen LogP contribution is -2.51. The Hall–Kier alpha value is -1.36. The number of hydrogen-bond donors (Lipinski definition) is 1. The van der Waals surface area contributed by atoms with Gasteiger partial charge in [0.1, 0.15) is 5.15 Å². The number of halogens is 1. The summed E-state index contributed by atoms with van der Waals surface area (Å²) >= 11 is 5.67. The molecule has 1 fully saturated rings. The highest BCUT2D eigenvalue weighted by Crippen LogP contribution is 2.21. The van der Waals surface area contributed by atoms with E-state index in [1.807, 2.05) is 0 Å². The van der Waals surface area contributed by atoms with Crippen molar-refractivity contribution in [3.8, 4) is 0 Å². The third kappa shape index (κ3) is 1.63. The number of hydrogen-bond acceptors (Lipinski definition) is 4. The van der Waals surface area contributed by atoms with Gasteiger partial charge in [-0.3, -0.25) is 4.79 Å². The van der Waals surface area contributed by atoms with Crippen LogP contribution in [0.15, 0.2) is 12.3 Å². The minimum Gasteiger partial charge on any atom is -0.481 e. The van der Waals surface area contributed by atoms with Crippen molar-refractivity contribution in [2.45, 2.75) is 0 Å². The predicted molar refractivity (Wildman–Crippen MR) is 50.4 cm³/mol. The molecule has 74 valence electrons. The number of carbonyl (C=O) groups is 1. The van der Waals surface area contributed by atoms with E-state index >= 15 is 0 Å². The number of nitrogens with zero attached hydrogens (tertiary/aromatic N) is 3. The first-order valence-corrected chi connectivity index (χ1v) is 4.51. The van der Waals surface area contributed by atoms with Crippen LogP contribution in [0.2, 0.25) is 5.15 Å². The quantitative estimate of drug-likeness (QED) is 0.731. The van der Waals surface area contributed by atoms with Gasteiger partial charge in [0.15, 0.2) is 0 Å². The Morgan fingerprint density at radius 2 is 2.36 bits per heavy atom. The van der Waals surface area contributed by atoms with Crippen LogP contribution in [0.5, 0.6) is 0 Å². The molecule has 1 aliphatic heterocycles. The normalized spacial score (nSPS) is 16.5. The third-order valence-corrected chi connectivity index (χ3v) is 2.33. The molecule has 14 heavy (non-hydrogen) atoms. The van der Waals surface area contributed by atoms with Crippen molar-refractivity contribution in [1.82, 2.24) is 9.97 Å². The molecule has 0 saturated carbocycles. The van der Waals surface area contributed by atoms with E-state index in [2.05, 4.69) is 9.97 Å². The summed E-state index contributed by atoms with van der Waals surface area (Å²) in [5, 5.41) is 9.03. The summed E-state index contributed by atoms with van der Waals surface area (Å²) in [6.45, 7) is 0.908. The van der Waals surface area contributed by atoms with Crippen LogP contribution in [-0.4, -0.2) is 34.1 Å². The minimum atomic E-state index is -0.775. The van der Waals surface area contributed by atoms with Gasteiger partial charge in [-0.25, -0.2) is 9.97 Å². The lowest BCUT2D eigenvalue weighted by Gasteiger charge is -2.36. The highest BCUT2D eigenvalue weighted by atomic mass is 35.5. The van der Waals surface area contributed by atoms with Crippen molar-refractivity contribution in [3.63, 3.8) is 0 Å². The van der Waals surface area contributed by atoms with Gasteiger partial charge in [-0.15, -0.1) is 0 Å². The highest BCUT2D eigenvalue weighted by molar-refractivity contribution is 6.29. The Kier molecular flexibility index (Phi) is 2.25. The summed E-state index contributed by atoms with van der Waals surface area (Å²) in [4.78, 5) is 20.3. The maximum absolute atomic E-state index is 10.5. The van der Waals surface area contributed by atoms with Gasteiger partial charge >= 0.3 is 5.97 Å². The summed E-state index contributed by atoms with van der Waals surface area (Å²) in [6, 6.07) is 1.58. The van der Waals surface area contributed by atoms with Gasteiger partial charge in [-0.2, -0.15) is 0 Å². The Balaban J connectivity index is 2.03. The summed E-state index contributed by atoms with van der Waals surface area (Å²) in [6.07, 6.45) is 1.55. The largest absolute Gasteiger partial charge is 0.481 e. The predicted octanol–water partition coefficient (Wildman–Crippen LogP) is 0.651. The lowest BCUT2D eigenvalue weighted by atomic mass is 10.0. The minimum absolute atomic E-state index is 0.308. The number of rotatable bonds is 2. The van der Waals surface area contributed by atoms with E-state index in [1.54, 1.807) is 17.2 Å². The molecule has 1 aliphatic rings. The summed E-state index contributed by atoms with van der Waals surface area (Å²) in [5.41, 5.74) is 0. The van der Waals surface area contributed by atoms with Crippen molar-refractivity contribution < 1.29 is 9.90 Å². The monoisotopic (exact) mass is 213 g/mol. The molecule has 0 amide bonds. The number of carboxylic acids is 1. The van der Waals surface area contributed by atoms with Crippen LogP contribution < -0.4 is 4.90 Å². The fraction of sp³-hybridized carbons (Fsp3) is 0.375. The Morgan fingerprint density at radius 1 is 1.64 bits per heavy atom. The molecule has 0 spiro atoms. The average molecular weight is 214 g/mol. The van der Waals surface area contributed by atoms with E-state index in [0.717, 1.165) is 0 Å². The van der Waals surface area contributed by atoms with Crippen LogP contribution in [0.25, 0.3) is 0 Å². The number of aromatic nitrogens is 2. The molecular weight excluding hydrogens is 206 g/mol. The van der Waals surface area contributed by atoms with E-state index in [9.17, 15) is 4.79 Å². The first-order valence-electron chi connectivity index (χ1n) is 4.13. The van der Waals surface area contributed by atoms with E-state index in [4.69, 9.17) is 16.7 Å². The molecule has 1 saturated heterocycles. The Bertz CT molecular complexity index is 365. The first kappa shape index (κ1) is 9.21. The van der Waals surface area contributed by atoms with Crippen molar-refractivity contribution in [3.05, 3.63) is 17.4 Å². The van der Waals surface area contributed by atoms with Gasteiger partial charge in [-0.1, -0.05) is 11.6 Å². The molecule has 1 aromatic rings. The maximum atomic E-state index is 10.5. The van der Waals surface area contributed by atoms with Gasteiger partial charge in [0.05, 0.1) is 5.92 Å². The topological polar surface area (TPSA) is 66.3 Å². The molecule has 1 aromatic heterocycles. The van der Waals surface area contributed by atoms with Crippen LogP contribution in [0.1, 0.15) is 0 Å². The fourth-order valence-corrected chi connectivity index (χ4v) is 1.41. The zero-order valence-electron chi connectivity index (χ0n) is 7.22. The molecule has 0 atom stereocenters. The van der Waals surface area contributed by atoms with Gasteiger partial charge < -0.3 is 10.0 Å². The average Bonchev–Trinajstić information content (AvgIpc) is 2.00. The van der Waals surface area contributed by atoms with Crippen LogP contribution >= 0.6 is 11.6 Å². The molecule has 2 rings (SSSR count). The van der Waals surface area contributed by atoms with Crippen molar-refractivity contribution >= 4 is 23.5 Å². The zero-order chi connectivity index (χ0) is 10.1. The van der Waals surface area contributed by atoms with Crippen molar-refractivity contribution in [1.29, 1.82) is 0 Å². The lowest BCUT2D eigenvalue weighted by molar-refractivity contribution is -0.142. The number of anilines is 1. The van der Waals surface area contributed by atoms with E-state index in [0.29, 0.717) is 24.2 Å². The van der Waals surface area contributed by atoms with Crippen molar-refractivity contribution in [2.24, 2.45) is 5.92 Å². The molecule has 0 aromatic carbocycles. The van der Waals surface area contributed by atoms with Gasteiger partial charge in [-0.05, 0) is 6.07 Å². The number of carboxylic acid groups (broad SMARTS) is 1. The third-order valence-electron chi connectivity index (χ3n) is 2.12. The fourth-order valence-electron chi connectivity index (χ4n) is 1.28. The van der Waals surface area contributed by atoms with Gasteiger partial charge in [0.25, 0.3) is 0 Å². The molecule has 0 aliphatic carbocycles. The van der Waals surface area contributed by atoms with E-state index in [1.165, 1.54) is 0 Å². The molecule has 0 unspecified atom stereocenters. The zero-order valence-corrected chi connectivity index (χ0v) is 7.98. The number of aliphatic carboxylic acids is 1. The van der Waals surface area contributed by atoms with Gasteiger partial charge in [0.2, 0.25) is 5.95 Å². The molecule has 0 bridgehead atoms. The SMILES string of the molecule is O=C(O)C1CN(c2nccc(Cl)n2)C1. The van der Waals surface area contributed by atoms with Crippen LogP contribution in [-0.2, 0) is 4.79 Å². The second kappa shape index (κ2) is 3.42. The van der Waals surface area contributed by atoms with Crippen LogP contribution in [0, 0.1) is 5.92 Å². The van der Waals surface area contributed by atoms with E-state index in [-0.39, 0.29) is 5.92 Å². The molecule has 6 heteroatoms. The van der Waals surface area contributed by atoms with E-state index < -0.39 is 5.97 Å². The highest BCUT2D eigenvalue weighted by Gasteiger charge is 2.33. The second-order valence-corrected chi connectivity index (χ2v) is 3.51. The first-order chi connectivity index (χ1) is 6.66. The van der Waals surface area contributed by atoms with Crippen LogP contribution in [0.4, 0.5) is 5.95 Å². The summed E-state index contributed by atoms with van der Waals surface area (Å²) < 4.78 is 0. The molecule has 2 heterocycles. The maximum Gasteiger partial charge on any atom is 0.310 e. The molecule has 5 nitrogen and oxygen atoms in total. The molecular formula is C8H8ClN3O2. The van der Waals surface area contributed by atoms with Crippen LogP contribution in [0.3, 0.4) is 0 Å². The summed E-state index contributed by atoms with van der Waals surface area (Å²) in [5.74, 6) is -0.587. The Labute approximate surface area is 85.3 Å².